The molecular formula is C21H22N4O. The number of carbonyl (C=O) groups is 1. The van der Waals surface area contributed by atoms with Crippen molar-refractivity contribution in [1.29, 1.82) is 0 Å². The van der Waals surface area contributed by atoms with E-state index in [1.165, 1.54) is 5.56 Å². The van der Waals surface area contributed by atoms with Crippen LogP contribution in [0.25, 0.3) is 6.08 Å². The van der Waals surface area contributed by atoms with Crippen molar-refractivity contribution in [3.8, 4) is 0 Å². The van der Waals surface area contributed by atoms with Gasteiger partial charge in [-0.05, 0) is 55.2 Å². The predicted molar refractivity (Wildman–Crippen MR) is 106 cm³/mol. The number of amides is 1. The molecule has 26 heavy (non-hydrogen) atoms. The molecule has 2 aromatic rings. The molecule has 0 fully saturated rings. The van der Waals surface area contributed by atoms with Crippen LogP contribution in [-0.4, -0.2) is 11.7 Å². The largest absolute Gasteiger partial charge is 0.387 e. The Balaban J connectivity index is 1.60. The molecule has 132 valence electrons. The average molecular weight is 346 g/mol. The quantitative estimate of drug-likeness (QED) is 0.774. The number of nitrogens with one attached hydrogen (secondary N) is 1. The van der Waals surface area contributed by atoms with Gasteiger partial charge in [-0.25, -0.2) is 4.99 Å². The van der Waals surface area contributed by atoms with Crippen molar-refractivity contribution in [3.63, 3.8) is 0 Å². The van der Waals surface area contributed by atoms with Gasteiger partial charge in [0.25, 0.3) is 5.91 Å². The van der Waals surface area contributed by atoms with E-state index in [2.05, 4.69) is 16.4 Å². The highest BCUT2D eigenvalue weighted by atomic mass is 16.1. The van der Waals surface area contributed by atoms with Gasteiger partial charge in [-0.2, -0.15) is 0 Å². The Morgan fingerprint density at radius 1 is 1.23 bits per heavy atom. The van der Waals surface area contributed by atoms with Gasteiger partial charge in [0.1, 0.15) is 5.84 Å². The summed E-state index contributed by atoms with van der Waals surface area (Å²) in [5, 5.41) is 2.96. The maximum absolute atomic E-state index is 12.7. The molecule has 0 saturated heterocycles. The monoisotopic (exact) mass is 346 g/mol. The van der Waals surface area contributed by atoms with E-state index in [-0.39, 0.29) is 11.9 Å². The smallest absolute Gasteiger partial charge is 0.255 e. The van der Waals surface area contributed by atoms with Crippen LogP contribution in [0.5, 0.6) is 0 Å². The summed E-state index contributed by atoms with van der Waals surface area (Å²) in [5.41, 5.74) is 18.6. The molecule has 2 aliphatic rings. The Kier molecular flexibility index (Phi) is 4.09. The number of carbonyl (C=O) groups excluding carboxylic acids is 1. The lowest BCUT2D eigenvalue weighted by Gasteiger charge is -2.10. The third-order valence-corrected chi connectivity index (χ3v) is 4.95. The third kappa shape index (κ3) is 3.13. The fourth-order valence-electron chi connectivity index (χ4n) is 3.62. The number of nitrogens with zero attached hydrogens (tertiary/aromatic N) is 1. The molecule has 5 heteroatoms. The molecule has 0 aromatic heterocycles. The number of fused-ring (bicyclic) bond motifs is 2. The summed E-state index contributed by atoms with van der Waals surface area (Å²) in [5.74, 6) is 0.390. The van der Waals surface area contributed by atoms with Crippen LogP contribution < -0.4 is 16.8 Å². The minimum atomic E-state index is -0.168. The number of hydrogen-bond acceptors (Lipinski definition) is 4. The number of hydrogen-bond donors (Lipinski definition) is 3. The van der Waals surface area contributed by atoms with E-state index in [1.807, 2.05) is 37.3 Å². The molecule has 5 nitrogen and oxygen atoms in total. The summed E-state index contributed by atoms with van der Waals surface area (Å²) in [6.45, 7) is 2.02. The fraction of sp³-hybridized carbons (Fsp3) is 0.238. The van der Waals surface area contributed by atoms with E-state index >= 15 is 0 Å². The van der Waals surface area contributed by atoms with E-state index in [0.717, 1.165) is 40.9 Å². The number of aryl methyl sites for hydroxylation is 1. The summed E-state index contributed by atoms with van der Waals surface area (Å²) < 4.78 is 0. The Hall–Kier alpha value is -2.92. The second-order valence-electron chi connectivity index (χ2n) is 7.06. The van der Waals surface area contributed by atoms with Crippen molar-refractivity contribution in [2.24, 2.45) is 16.5 Å². The molecule has 1 heterocycles. The molecule has 1 aliphatic carbocycles. The van der Waals surface area contributed by atoms with Crippen molar-refractivity contribution < 1.29 is 4.79 Å². The van der Waals surface area contributed by atoms with Crippen LogP contribution in [0.3, 0.4) is 0 Å². The molecule has 1 unspecified atom stereocenters. The topological polar surface area (TPSA) is 93.5 Å². The average Bonchev–Trinajstić information content (AvgIpc) is 2.89. The zero-order chi connectivity index (χ0) is 18.3. The first-order chi connectivity index (χ1) is 12.5. The highest BCUT2D eigenvalue weighted by molar-refractivity contribution is 6.05. The standard InChI is InChI=1S/C21H22N4O/c1-12-8-14-2-3-15(10-19(14)25-20(23)9-12)21(26)24-16-6-4-13-5-7-18(22)17(13)11-16/h2-4,6,8,10-11,18H,5,7,9,22H2,1H3,(H2,23,25)(H,24,26). The van der Waals surface area contributed by atoms with Crippen molar-refractivity contribution >= 4 is 29.2 Å². The fourth-order valence-corrected chi connectivity index (χ4v) is 3.62. The Morgan fingerprint density at radius 3 is 2.92 bits per heavy atom. The number of benzene rings is 2. The molecule has 2 aromatic carbocycles. The summed E-state index contributed by atoms with van der Waals surface area (Å²) >= 11 is 0. The molecule has 0 radical (unpaired) electrons. The zero-order valence-electron chi connectivity index (χ0n) is 14.8. The number of anilines is 1. The molecule has 1 amide bonds. The molecule has 0 saturated carbocycles. The van der Waals surface area contributed by atoms with Crippen LogP contribution >= 0.6 is 0 Å². The van der Waals surface area contributed by atoms with Gasteiger partial charge in [-0.15, -0.1) is 0 Å². The molecule has 0 bridgehead atoms. The number of aliphatic imine (C=N–C) groups is 1. The van der Waals surface area contributed by atoms with Gasteiger partial charge in [-0.1, -0.05) is 23.8 Å². The first-order valence-corrected chi connectivity index (χ1v) is 8.83. The molecule has 5 N–H and O–H groups in total. The predicted octanol–water partition coefficient (Wildman–Crippen LogP) is 3.68. The first kappa shape index (κ1) is 16.5. The van der Waals surface area contributed by atoms with Gasteiger partial charge in [0.15, 0.2) is 0 Å². The highest BCUT2D eigenvalue weighted by Gasteiger charge is 2.19. The van der Waals surface area contributed by atoms with Gasteiger partial charge in [0.2, 0.25) is 0 Å². The number of amidine groups is 1. The summed E-state index contributed by atoms with van der Waals surface area (Å²) in [7, 11) is 0. The second kappa shape index (κ2) is 6.42. The van der Waals surface area contributed by atoms with Crippen LogP contribution in [0.1, 0.15) is 52.9 Å². The minimum absolute atomic E-state index is 0.0571. The lowest BCUT2D eigenvalue weighted by Crippen LogP contribution is -2.13. The van der Waals surface area contributed by atoms with Crippen LogP contribution in [0, 0.1) is 0 Å². The normalized spacial score (nSPS) is 18.3. The Morgan fingerprint density at radius 2 is 2.08 bits per heavy atom. The lowest BCUT2D eigenvalue weighted by molar-refractivity contribution is 0.102. The first-order valence-electron chi connectivity index (χ1n) is 8.83. The number of rotatable bonds is 2. The van der Waals surface area contributed by atoms with E-state index in [9.17, 15) is 4.79 Å². The van der Waals surface area contributed by atoms with Gasteiger partial charge >= 0.3 is 0 Å². The molecule has 0 spiro atoms. The van der Waals surface area contributed by atoms with Crippen LogP contribution in [0.2, 0.25) is 0 Å². The summed E-state index contributed by atoms with van der Waals surface area (Å²) in [6, 6.07) is 11.5. The zero-order valence-corrected chi connectivity index (χ0v) is 14.8. The van der Waals surface area contributed by atoms with E-state index in [1.54, 1.807) is 6.07 Å². The van der Waals surface area contributed by atoms with Crippen LogP contribution in [0.4, 0.5) is 11.4 Å². The summed E-state index contributed by atoms with van der Waals surface area (Å²) in [6.07, 6.45) is 4.67. The Labute approximate surface area is 152 Å². The maximum atomic E-state index is 12.7. The van der Waals surface area contributed by atoms with E-state index < -0.39 is 0 Å². The van der Waals surface area contributed by atoms with Crippen LogP contribution in [-0.2, 0) is 6.42 Å². The summed E-state index contributed by atoms with van der Waals surface area (Å²) in [4.78, 5) is 17.1. The van der Waals surface area contributed by atoms with Gasteiger partial charge in [0, 0.05) is 29.3 Å². The maximum Gasteiger partial charge on any atom is 0.255 e. The Bertz CT molecular complexity index is 958. The minimum Gasteiger partial charge on any atom is -0.387 e. The molecule has 1 aliphatic heterocycles. The van der Waals surface area contributed by atoms with Crippen molar-refractivity contribution in [1.82, 2.24) is 0 Å². The molecular weight excluding hydrogens is 324 g/mol. The van der Waals surface area contributed by atoms with Crippen molar-refractivity contribution in [2.75, 3.05) is 5.32 Å². The van der Waals surface area contributed by atoms with Crippen LogP contribution in [0.15, 0.2) is 47.0 Å². The molecule has 1 atom stereocenters. The van der Waals surface area contributed by atoms with Gasteiger partial charge < -0.3 is 16.8 Å². The lowest BCUT2D eigenvalue weighted by atomic mass is 10.1. The second-order valence-corrected chi connectivity index (χ2v) is 7.06. The van der Waals surface area contributed by atoms with Crippen molar-refractivity contribution in [3.05, 3.63) is 64.2 Å². The van der Waals surface area contributed by atoms with Gasteiger partial charge in [0.05, 0.1) is 5.69 Å². The third-order valence-electron chi connectivity index (χ3n) is 4.95. The van der Waals surface area contributed by atoms with Gasteiger partial charge in [-0.3, -0.25) is 4.79 Å². The highest BCUT2D eigenvalue weighted by Crippen LogP contribution is 2.32. The van der Waals surface area contributed by atoms with Crippen molar-refractivity contribution in [2.45, 2.75) is 32.2 Å². The SMILES string of the molecule is CC1=Cc2ccc(C(=O)Nc3ccc4c(c3)C(N)CC4)cc2N=C(N)C1. The van der Waals surface area contributed by atoms with E-state index in [0.29, 0.717) is 17.8 Å². The molecule has 4 rings (SSSR count). The number of nitrogens with two attached hydrogens (primary N) is 2. The van der Waals surface area contributed by atoms with E-state index in [4.69, 9.17) is 11.5 Å².